The number of methoxy groups -OCH3 is 1. The number of hydrogen-bond donors (Lipinski definition) is 1. The molecule has 1 aliphatic rings. The Morgan fingerprint density at radius 2 is 1.90 bits per heavy atom. The van der Waals surface area contributed by atoms with Gasteiger partial charge in [0.1, 0.15) is 17.3 Å². The summed E-state index contributed by atoms with van der Waals surface area (Å²) in [4.78, 5) is 13.5. The Bertz CT molecular complexity index is 752. The van der Waals surface area contributed by atoms with Gasteiger partial charge in [0, 0.05) is 52.0 Å². The fourth-order valence-electron chi connectivity index (χ4n) is 3.17. The minimum Gasteiger partial charge on any atom is -0.497 e. The molecule has 1 aliphatic heterocycles. The number of aromatic nitrogens is 1. The summed E-state index contributed by atoms with van der Waals surface area (Å²) in [6.45, 7) is 5.20. The Balaban J connectivity index is 0.00000300. The Morgan fingerprint density at radius 3 is 2.59 bits per heavy atom. The lowest BCUT2D eigenvalue weighted by molar-refractivity contribution is 0.306. The van der Waals surface area contributed by atoms with Crippen molar-refractivity contribution in [2.45, 2.75) is 6.42 Å². The molecule has 0 atom stereocenters. The second-order valence-electron chi connectivity index (χ2n) is 6.52. The maximum absolute atomic E-state index is 5.79. The van der Waals surface area contributed by atoms with E-state index in [0.717, 1.165) is 62.4 Å². The molecule has 7 nitrogen and oxygen atoms in total. The number of aliphatic imine (C=N–C) groups is 1. The van der Waals surface area contributed by atoms with Crippen LogP contribution >= 0.6 is 24.0 Å². The molecule has 1 aromatic carbocycles. The third kappa shape index (κ3) is 6.95. The summed E-state index contributed by atoms with van der Waals surface area (Å²) in [5.41, 5.74) is 0. The van der Waals surface area contributed by atoms with Gasteiger partial charge in [0.15, 0.2) is 5.96 Å². The molecule has 3 rings (SSSR count). The van der Waals surface area contributed by atoms with Crippen LogP contribution < -0.4 is 19.7 Å². The number of rotatable bonds is 7. The second-order valence-corrected chi connectivity index (χ2v) is 6.52. The highest BCUT2D eigenvalue weighted by molar-refractivity contribution is 14.0. The van der Waals surface area contributed by atoms with E-state index in [1.807, 2.05) is 49.6 Å². The second kappa shape index (κ2) is 12.4. The van der Waals surface area contributed by atoms with E-state index < -0.39 is 0 Å². The van der Waals surface area contributed by atoms with Crippen LogP contribution in [0.3, 0.4) is 0 Å². The zero-order valence-electron chi connectivity index (χ0n) is 17.1. The topological polar surface area (TPSA) is 62.2 Å². The predicted octanol–water partition coefficient (Wildman–Crippen LogP) is 2.87. The number of halogens is 1. The third-order valence-electron chi connectivity index (χ3n) is 4.68. The Labute approximate surface area is 190 Å². The normalized spacial score (nSPS) is 14.2. The molecule has 2 heterocycles. The lowest BCUT2D eigenvalue weighted by atomic mass is 10.3. The van der Waals surface area contributed by atoms with Gasteiger partial charge in [0.05, 0.1) is 13.7 Å². The van der Waals surface area contributed by atoms with E-state index in [0.29, 0.717) is 6.61 Å². The zero-order chi connectivity index (χ0) is 19.6. The first-order valence-corrected chi connectivity index (χ1v) is 9.68. The van der Waals surface area contributed by atoms with E-state index >= 15 is 0 Å². The van der Waals surface area contributed by atoms with Gasteiger partial charge in [-0.25, -0.2) is 4.98 Å². The van der Waals surface area contributed by atoms with Crippen molar-refractivity contribution in [2.24, 2.45) is 4.99 Å². The Morgan fingerprint density at radius 1 is 1.10 bits per heavy atom. The van der Waals surface area contributed by atoms with Crippen molar-refractivity contribution in [1.82, 2.24) is 15.2 Å². The molecule has 0 bridgehead atoms. The summed E-state index contributed by atoms with van der Waals surface area (Å²) in [5.74, 6) is 3.62. The highest BCUT2D eigenvalue weighted by atomic mass is 127. The molecule has 158 valence electrons. The predicted molar refractivity (Wildman–Crippen MR) is 128 cm³/mol. The lowest BCUT2D eigenvalue weighted by Crippen LogP contribution is -2.52. The number of piperazine rings is 1. The molecule has 0 amide bonds. The van der Waals surface area contributed by atoms with E-state index in [9.17, 15) is 0 Å². The first kappa shape index (κ1) is 23.1. The number of hydrogen-bond acceptors (Lipinski definition) is 5. The number of pyridine rings is 1. The van der Waals surface area contributed by atoms with Crippen LogP contribution in [0.15, 0.2) is 53.7 Å². The lowest BCUT2D eigenvalue weighted by Gasteiger charge is -2.37. The third-order valence-corrected chi connectivity index (χ3v) is 4.68. The Hall–Kier alpha value is -2.23. The van der Waals surface area contributed by atoms with Gasteiger partial charge in [-0.2, -0.15) is 0 Å². The molecule has 1 N–H and O–H groups in total. The molecule has 0 radical (unpaired) electrons. The highest BCUT2D eigenvalue weighted by Crippen LogP contribution is 2.18. The SMILES string of the molecule is CN=C(NCCCOc1cccc(OC)c1)N1CCN(c2ccccn2)CC1.I. The summed E-state index contributed by atoms with van der Waals surface area (Å²) in [6, 6.07) is 13.7. The van der Waals surface area contributed by atoms with Crippen molar-refractivity contribution in [1.29, 1.82) is 0 Å². The minimum atomic E-state index is 0. The molecule has 29 heavy (non-hydrogen) atoms. The molecule has 0 unspecified atom stereocenters. The first-order chi connectivity index (χ1) is 13.8. The largest absolute Gasteiger partial charge is 0.497 e. The molecule has 1 aromatic heterocycles. The fraction of sp³-hybridized carbons (Fsp3) is 0.429. The molecular weight excluding hydrogens is 481 g/mol. The first-order valence-electron chi connectivity index (χ1n) is 9.68. The zero-order valence-corrected chi connectivity index (χ0v) is 19.4. The maximum Gasteiger partial charge on any atom is 0.193 e. The smallest absolute Gasteiger partial charge is 0.193 e. The van der Waals surface area contributed by atoms with Gasteiger partial charge in [-0.05, 0) is 30.7 Å². The van der Waals surface area contributed by atoms with Gasteiger partial charge in [0.2, 0.25) is 0 Å². The fourth-order valence-corrected chi connectivity index (χ4v) is 3.17. The number of guanidine groups is 1. The number of anilines is 1. The number of nitrogens with zero attached hydrogens (tertiary/aromatic N) is 4. The highest BCUT2D eigenvalue weighted by Gasteiger charge is 2.20. The van der Waals surface area contributed by atoms with Gasteiger partial charge >= 0.3 is 0 Å². The average molecular weight is 511 g/mol. The van der Waals surface area contributed by atoms with E-state index in [4.69, 9.17) is 9.47 Å². The molecule has 0 spiro atoms. The van der Waals surface area contributed by atoms with Gasteiger partial charge in [-0.3, -0.25) is 4.99 Å². The van der Waals surface area contributed by atoms with Crippen molar-refractivity contribution in [3.05, 3.63) is 48.7 Å². The molecule has 8 heteroatoms. The van der Waals surface area contributed by atoms with Gasteiger partial charge in [-0.1, -0.05) is 12.1 Å². The maximum atomic E-state index is 5.79. The van der Waals surface area contributed by atoms with Crippen molar-refractivity contribution < 1.29 is 9.47 Å². The van der Waals surface area contributed by atoms with Gasteiger partial charge in [-0.15, -0.1) is 24.0 Å². The van der Waals surface area contributed by atoms with E-state index in [1.165, 1.54) is 0 Å². The van der Waals surface area contributed by atoms with Crippen LogP contribution in [0.25, 0.3) is 0 Å². The van der Waals surface area contributed by atoms with Crippen molar-refractivity contribution in [2.75, 3.05) is 58.4 Å². The van der Waals surface area contributed by atoms with E-state index in [-0.39, 0.29) is 24.0 Å². The summed E-state index contributed by atoms with van der Waals surface area (Å²) in [6.07, 6.45) is 2.74. The summed E-state index contributed by atoms with van der Waals surface area (Å²) >= 11 is 0. The quantitative estimate of drug-likeness (QED) is 0.267. The summed E-state index contributed by atoms with van der Waals surface area (Å²) in [5, 5.41) is 3.44. The van der Waals surface area contributed by atoms with E-state index in [2.05, 4.69) is 31.2 Å². The molecule has 1 fully saturated rings. The van der Waals surface area contributed by atoms with E-state index in [1.54, 1.807) is 7.11 Å². The molecule has 1 saturated heterocycles. The monoisotopic (exact) mass is 511 g/mol. The summed E-state index contributed by atoms with van der Waals surface area (Å²) < 4.78 is 11.0. The van der Waals surface area contributed by atoms with Crippen molar-refractivity contribution in [3.63, 3.8) is 0 Å². The van der Waals surface area contributed by atoms with Crippen LogP contribution in [0, 0.1) is 0 Å². The van der Waals surface area contributed by atoms with Crippen LogP contribution in [0.2, 0.25) is 0 Å². The number of ether oxygens (including phenoxy) is 2. The van der Waals surface area contributed by atoms with Crippen LogP contribution in [-0.4, -0.2) is 69.3 Å². The minimum absolute atomic E-state index is 0. The summed E-state index contributed by atoms with van der Waals surface area (Å²) in [7, 11) is 3.49. The number of nitrogens with one attached hydrogen (secondary N) is 1. The van der Waals surface area contributed by atoms with Crippen LogP contribution in [0.1, 0.15) is 6.42 Å². The number of benzene rings is 1. The van der Waals surface area contributed by atoms with Gasteiger partial charge < -0.3 is 24.6 Å². The molecule has 2 aromatic rings. The standard InChI is InChI=1S/C21H29N5O2.HI/c1-22-21(24-11-6-16-28-19-8-5-7-18(17-19)27-2)26-14-12-25(13-15-26)20-9-3-4-10-23-20;/h3-5,7-10,17H,6,11-16H2,1-2H3,(H,22,24);1H. The van der Waals surface area contributed by atoms with Crippen molar-refractivity contribution in [3.8, 4) is 11.5 Å². The van der Waals surface area contributed by atoms with Crippen LogP contribution in [0.5, 0.6) is 11.5 Å². The molecule has 0 aliphatic carbocycles. The van der Waals surface area contributed by atoms with Crippen LogP contribution in [0.4, 0.5) is 5.82 Å². The Kier molecular flexibility index (Phi) is 9.82. The van der Waals surface area contributed by atoms with Crippen molar-refractivity contribution >= 4 is 35.8 Å². The van der Waals surface area contributed by atoms with Crippen LogP contribution in [-0.2, 0) is 0 Å². The molecular formula is C21H30IN5O2. The van der Waals surface area contributed by atoms with Gasteiger partial charge in [0.25, 0.3) is 0 Å². The molecule has 0 saturated carbocycles. The average Bonchev–Trinajstić information content (AvgIpc) is 2.77.